The molecule has 18 heavy (non-hydrogen) atoms. The van der Waals surface area contributed by atoms with E-state index in [4.69, 9.17) is 0 Å². The molecule has 0 bridgehead atoms. The molecule has 106 valence electrons. The van der Waals surface area contributed by atoms with E-state index >= 15 is 0 Å². The average Bonchev–Trinajstić information content (AvgIpc) is 2.30. The fraction of sp³-hybridized carbons (Fsp3) is 0.778. The predicted molar refractivity (Wildman–Crippen MR) is 84.8 cm³/mol. The molecule has 0 aromatic heterocycles. The van der Waals surface area contributed by atoms with Gasteiger partial charge in [-0.2, -0.15) is 0 Å². The molecule has 0 atom stereocenters. The smallest absolute Gasteiger partial charge is 0.0251 e. The van der Waals surface area contributed by atoms with E-state index in [1.165, 1.54) is 31.3 Å². The zero-order valence-electron chi connectivity index (χ0n) is 13.7. The van der Waals surface area contributed by atoms with Crippen LogP contribution < -0.4 is 0 Å². The second-order valence-electron chi connectivity index (χ2n) is 6.34. The van der Waals surface area contributed by atoms with Crippen LogP contribution in [0.2, 0.25) is 0 Å². The van der Waals surface area contributed by atoms with Gasteiger partial charge in [-0.1, -0.05) is 72.1 Å². The lowest BCUT2D eigenvalue weighted by Crippen LogP contribution is -2.02. The molecule has 0 rings (SSSR count). The molecule has 0 heterocycles. The minimum atomic E-state index is 0.650. The maximum Gasteiger partial charge on any atom is -0.0251 e. The summed E-state index contributed by atoms with van der Waals surface area (Å²) in [6, 6.07) is 0. The van der Waals surface area contributed by atoms with Crippen LogP contribution in [0, 0.1) is 17.8 Å². The van der Waals surface area contributed by atoms with Crippen LogP contribution in [0.5, 0.6) is 0 Å². The van der Waals surface area contributed by atoms with Crippen LogP contribution in [0.4, 0.5) is 0 Å². The van der Waals surface area contributed by atoms with Crippen LogP contribution in [0.25, 0.3) is 0 Å². The third-order valence-corrected chi connectivity index (χ3v) is 3.60. The van der Waals surface area contributed by atoms with Crippen LogP contribution in [-0.4, -0.2) is 0 Å². The van der Waals surface area contributed by atoms with Crippen LogP contribution in [-0.2, 0) is 0 Å². The lowest BCUT2D eigenvalue weighted by Gasteiger charge is -2.17. The topological polar surface area (TPSA) is 0 Å². The lowest BCUT2D eigenvalue weighted by atomic mass is 9.88. The molecule has 0 aliphatic carbocycles. The van der Waals surface area contributed by atoms with Crippen molar-refractivity contribution in [3.8, 4) is 0 Å². The van der Waals surface area contributed by atoms with Crippen molar-refractivity contribution in [2.24, 2.45) is 17.8 Å². The molecule has 0 nitrogen and oxygen atoms in total. The Balaban J connectivity index is 4.83. The molecule has 0 fully saturated rings. The Hall–Kier alpha value is -0.520. The number of rotatable bonds is 8. The van der Waals surface area contributed by atoms with Crippen molar-refractivity contribution in [2.75, 3.05) is 0 Å². The molecule has 0 heteroatoms. The number of allylic oxidation sites excluding steroid dienone is 4. The van der Waals surface area contributed by atoms with Gasteiger partial charge < -0.3 is 0 Å². The first-order chi connectivity index (χ1) is 8.40. The fourth-order valence-corrected chi connectivity index (χ4v) is 2.19. The van der Waals surface area contributed by atoms with E-state index in [1.54, 1.807) is 5.57 Å². The highest BCUT2D eigenvalue weighted by Gasteiger charge is 2.09. The third-order valence-electron chi connectivity index (χ3n) is 3.60. The first-order valence-electron chi connectivity index (χ1n) is 7.78. The Morgan fingerprint density at radius 3 is 1.94 bits per heavy atom. The first kappa shape index (κ1) is 17.5. The highest BCUT2D eigenvalue weighted by atomic mass is 14.1. The largest absolute Gasteiger partial charge is 0.0811 e. The van der Waals surface area contributed by atoms with Gasteiger partial charge >= 0.3 is 0 Å². The van der Waals surface area contributed by atoms with Gasteiger partial charge in [0.05, 0.1) is 0 Å². The Kier molecular flexibility index (Phi) is 9.14. The molecule has 0 radical (unpaired) electrons. The van der Waals surface area contributed by atoms with Gasteiger partial charge in [0.25, 0.3) is 0 Å². The highest BCUT2D eigenvalue weighted by Crippen LogP contribution is 2.25. The molecule has 0 aromatic rings. The van der Waals surface area contributed by atoms with Gasteiger partial charge in [-0.3, -0.25) is 0 Å². The van der Waals surface area contributed by atoms with Crippen molar-refractivity contribution in [1.29, 1.82) is 0 Å². The summed E-state index contributed by atoms with van der Waals surface area (Å²) in [5.41, 5.74) is 3.09. The van der Waals surface area contributed by atoms with E-state index < -0.39 is 0 Å². The molecular formula is C18H34. The summed E-state index contributed by atoms with van der Waals surface area (Å²) in [6.07, 6.45) is 9.94. The highest BCUT2D eigenvalue weighted by molar-refractivity contribution is 5.29. The molecule has 0 unspecified atom stereocenters. The number of hydrogen-bond acceptors (Lipinski definition) is 0. The summed E-state index contributed by atoms with van der Waals surface area (Å²) in [6.45, 7) is 16.1. The number of hydrogen-bond donors (Lipinski definition) is 0. The normalized spacial score (nSPS) is 14.1. The Labute approximate surface area is 116 Å². The summed E-state index contributed by atoms with van der Waals surface area (Å²) >= 11 is 0. The van der Waals surface area contributed by atoms with E-state index in [0.717, 1.165) is 11.8 Å². The molecule has 0 aliphatic rings. The molecule has 0 spiro atoms. The van der Waals surface area contributed by atoms with E-state index in [0.29, 0.717) is 5.92 Å². The van der Waals surface area contributed by atoms with Gasteiger partial charge in [0, 0.05) is 0 Å². The predicted octanol–water partition coefficient (Wildman–Crippen LogP) is 6.39. The molecule has 0 saturated carbocycles. The maximum absolute atomic E-state index is 2.46. The summed E-state index contributed by atoms with van der Waals surface area (Å²) in [5, 5.41) is 0. The molecule has 0 amide bonds. The summed E-state index contributed by atoms with van der Waals surface area (Å²) in [4.78, 5) is 0. The second-order valence-corrected chi connectivity index (χ2v) is 6.34. The monoisotopic (exact) mass is 250 g/mol. The van der Waals surface area contributed by atoms with Gasteiger partial charge in [-0.15, -0.1) is 0 Å². The van der Waals surface area contributed by atoms with Crippen LogP contribution in [0.3, 0.4) is 0 Å². The quantitative estimate of drug-likeness (QED) is 0.438. The average molecular weight is 250 g/mol. The minimum Gasteiger partial charge on any atom is -0.0811 e. The molecule has 0 aliphatic heterocycles. The van der Waals surface area contributed by atoms with Crippen LogP contribution >= 0.6 is 0 Å². The molecular weight excluding hydrogens is 216 g/mol. The Morgan fingerprint density at radius 2 is 1.56 bits per heavy atom. The Bertz CT molecular complexity index is 262. The standard InChI is InChI=1S/C18H34/c1-8-17(9-2)13-18(12-15(5)6)16(7)11-10-14(3)4/h11-12,14-15,17H,8-10,13H2,1-7H3. The van der Waals surface area contributed by atoms with E-state index in [-0.39, 0.29) is 0 Å². The fourth-order valence-electron chi connectivity index (χ4n) is 2.19. The van der Waals surface area contributed by atoms with Gasteiger partial charge in [0.15, 0.2) is 0 Å². The summed E-state index contributed by atoms with van der Waals surface area (Å²) in [7, 11) is 0. The lowest BCUT2D eigenvalue weighted by molar-refractivity contribution is 0.488. The Morgan fingerprint density at radius 1 is 1.00 bits per heavy atom. The van der Waals surface area contributed by atoms with Crippen LogP contribution in [0.1, 0.15) is 74.1 Å². The van der Waals surface area contributed by atoms with E-state index in [9.17, 15) is 0 Å². The van der Waals surface area contributed by atoms with Crippen molar-refractivity contribution in [2.45, 2.75) is 74.1 Å². The van der Waals surface area contributed by atoms with Gasteiger partial charge in [0.2, 0.25) is 0 Å². The molecule has 0 saturated heterocycles. The summed E-state index contributed by atoms with van der Waals surface area (Å²) in [5.74, 6) is 2.25. The third kappa shape index (κ3) is 7.74. The van der Waals surface area contributed by atoms with Crippen LogP contribution in [0.15, 0.2) is 23.3 Å². The van der Waals surface area contributed by atoms with E-state index in [2.05, 4.69) is 60.6 Å². The zero-order chi connectivity index (χ0) is 14.1. The molecule has 0 aromatic carbocycles. The zero-order valence-corrected chi connectivity index (χ0v) is 13.7. The van der Waals surface area contributed by atoms with Gasteiger partial charge in [0.1, 0.15) is 0 Å². The molecule has 0 N–H and O–H groups in total. The van der Waals surface area contributed by atoms with Gasteiger partial charge in [-0.25, -0.2) is 0 Å². The van der Waals surface area contributed by atoms with Gasteiger partial charge in [-0.05, 0) is 43.1 Å². The maximum atomic E-state index is 2.46. The minimum absolute atomic E-state index is 0.650. The van der Waals surface area contributed by atoms with Crippen molar-refractivity contribution < 1.29 is 0 Å². The SMILES string of the molecule is CCC(CC)CC(=CC(C)C)C(C)=CCC(C)C. The first-order valence-corrected chi connectivity index (χ1v) is 7.78. The second kappa shape index (κ2) is 9.42. The summed E-state index contributed by atoms with van der Waals surface area (Å²) < 4.78 is 0. The van der Waals surface area contributed by atoms with Crippen molar-refractivity contribution in [3.63, 3.8) is 0 Å². The van der Waals surface area contributed by atoms with Crippen molar-refractivity contribution >= 4 is 0 Å². The van der Waals surface area contributed by atoms with Crippen molar-refractivity contribution in [1.82, 2.24) is 0 Å². The van der Waals surface area contributed by atoms with Crippen molar-refractivity contribution in [3.05, 3.63) is 23.3 Å². The van der Waals surface area contributed by atoms with E-state index in [1.807, 2.05) is 0 Å².